The SMILES string of the molecule is O=C([C@H]1CN(C(=O)c2ccc(F)c(F)c2)c2ccccc2O1)N1CCCCC1. The van der Waals surface area contributed by atoms with E-state index in [4.69, 9.17) is 4.74 Å². The highest BCUT2D eigenvalue weighted by Gasteiger charge is 2.36. The van der Waals surface area contributed by atoms with E-state index >= 15 is 0 Å². The van der Waals surface area contributed by atoms with E-state index in [2.05, 4.69) is 0 Å². The Balaban J connectivity index is 1.64. The Morgan fingerprint density at radius 2 is 1.71 bits per heavy atom. The summed E-state index contributed by atoms with van der Waals surface area (Å²) in [6.07, 6.45) is 2.17. The van der Waals surface area contributed by atoms with Gasteiger partial charge in [0.2, 0.25) is 0 Å². The topological polar surface area (TPSA) is 49.9 Å². The molecule has 1 atom stereocenters. The highest BCUT2D eigenvalue weighted by atomic mass is 19.2. The zero-order valence-corrected chi connectivity index (χ0v) is 15.2. The second kappa shape index (κ2) is 7.58. The number of ether oxygens (including phenoxy) is 1. The molecule has 2 aliphatic heterocycles. The summed E-state index contributed by atoms with van der Waals surface area (Å²) in [5.41, 5.74) is 0.514. The van der Waals surface area contributed by atoms with Crippen LogP contribution in [0.4, 0.5) is 14.5 Å². The van der Waals surface area contributed by atoms with Crippen LogP contribution in [0.2, 0.25) is 0 Å². The van der Waals surface area contributed by atoms with Gasteiger partial charge in [-0.05, 0) is 49.6 Å². The molecule has 0 spiro atoms. The first-order valence-corrected chi connectivity index (χ1v) is 9.36. The fraction of sp³-hybridized carbons (Fsp3) is 0.333. The molecule has 0 N–H and O–H groups in total. The Hall–Kier alpha value is -2.96. The molecule has 4 rings (SSSR count). The molecule has 2 aromatic rings. The molecule has 28 heavy (non-hydrogen) atoms. The van der Waals surface area contributed by atoms with Crippen molar-refractivity contribution in [2.24, 2.45) is 0 Å². The van der Waals surface area contributed by atoms with Gasteiger partial charge in [-0.1, -0.05) is 12.1 Å². The van der Waals surface area contributed by atoms with Gasteiger partial charge in [-0.25, -0.2) is 8.78 Å². The average molecular weight is 386 g/mol. The molecule has 146 valence electrons. The lowest BCUT2D eigenvalue weighted by Gasteiger charge is -2.37. The molecular formula is C21H20F2N2O3. The summed E-state index contributed by atoms with van der Waals surface area (Å²) in [5, 5.41) is 0. The van der Waals surface area contributed by atoms with E-state index in [1.165, 1.54) is 11.0 Å². The maximum Gasteiger partial charge on any atom is 0.265 e. The van der Waals surface area contributed by atoms with Crippen molar-refractivity contribution in [1.29, 1.82) is 0 Å². The van der Waals surface area contributed by atoms with Gasteiger partial charge in [0.1, 0.15) is 5.75 Å². The first-order valence-electron chi connectivity index (χ1n) is 9.36. The molecule has 0 unspecified atom stereocenters. The summed E-state index contributed by atoms with van der Waals surface area (Å²) in [7, 11) is 0. The lowest BCUT2D eigenvalue weighted by atomic mass is 10.1. The van der Waals surface area contributed by atoms with Crippen LogP contribution in [0.1, 0.15) is 29.6 Å². The molecule has 0 aliphatic carbocycles. The van der Waals surface area contributed by atoms with Crippen LogP contribution >= 0.6 is 0 Å². The van der Waals surface area contributed by atoms with E-state index in [0.29, 0.717) is 24.5 Å². The van der Waals surface area contributed by atoms with Gasteiger partial charge in [0.25, 0.3) is 11.8 Å². The summed E-state index contributed by atoms with van der Waals surface area (Å²) in [6, 6.07) is 9.93. The fourth-order valence-corrected chi connectivity index (χ4v) is 3.66. The predicted octanol–water partition coefficient (Wildman–Crippen LogP) is 3.39. The van der Waals surface area contributed by atoms with Crippen molar-refractivity contribution < 1.29 is 23.1 Å². The van der Waals surface area contributed by atoms with Crippen LogP contribution in [0.3, 0.4) is 0 Å². The lowest BCUT2D eigenvalue weighted by molar-refractivity contribution is -0.139. The number of benzene rings is 2. The number of likely N-dealkylation sites (tertiary alicyclic amines) is 1. The Morgan fingerprint density at radius 3 is 2.46 bits per heavy atom. The zero-order chi connectivity index (χ0) is 19.7. The number of carbonyl (C=O) groups excluding carboxylic acids is 2. The Bertz CT molecular complexity index is 912. The van der Waals surface area contributed by atoms with E-state index in [9.17, 15) is 18.4 Å². The minimum atomic E-state index is -1.09. The zero-order valence-electron chi connectivity index (χ0n) is 15.2. The molecule has 0 aromatic heterocycles. The number of anilines is 1. The first-order chi connectivity index (χ1) is 13.5. The average Bonchev–Trinajstić information content (AvgIpc) is 2.74. The van der Waals surface area contributed by atoms with Gasteiger partial charge in [0, 0.05) is 18.7 Å². The Morgan fingerprint density at radius 1 is 0.964 bits per heavy atom. The Labute approximate surface area is 161 Å². The van der Waals surface area contributed by atoms with Gasteiger partial charge in [-0.3, -0.25) is 9.59 Å². The first kappa shape index (κ1) is 18.4. The number of fused-ring (bicyclic) bond motifs is 1. The molecule has 2 amide bonds. The number of para-hydroxylation sites is 2. The molecule has 5 nitrogen and oxygen atoms in total. The summed E-state index contributed by atoms with van der Waals surface area (Å²) in [6.45, 7) is 1.37. The molecule has 0 saturated carbocycles. The van der Waals surface area contributed by atoms with E-state index in [0.717, 1.165) is 31.4 Å². The van der Waals surface area contributed by atoms with Crippen LogP contribution in [-0.2, 0) is 4.79 Å². The maximum absolute atomic E-state index is 13.6. The van der Waals surface area contributed by atoms with Crippen LogP contribution in [0.5, 0.6) is 5.75 Å². The summed E-state index contributed by atoms with van der Waals surface area (Å²) in [5.74, 6) is -2.35. The quantitative estimate of drug-likeness (QED) is 0.795. The lowest BCUT2D eigenvalue weighted by Crippen LogP contribution is -2.52. The van der Waals surface area contributed by atoms with E-state index in [-0.39, 0.29) is 18.0 Å². The number of carbonyl (C=O) groups is 2. The summed E-state index contributed by atoms with van der Waals surface area (Å²) >= 11 is 0. The van der Waals surface area contributed by atoms with Crippen LogP contribution in [0.15, 0.2) is 42.5 Å². The standard InChI is InChI=1S/C21H20F2N2O3/c22-15-9-8-14(12-16(15)23)20(26)25-13-19(21(27)24-10-4-1-5-11-24)28-18-7-3-2-6-17(18)25/h2-3,6-9,12,19H,1,4-5,10-11,13H2/t19-/m1/s1. The van der Waals surface area contributed by atoms with Crippen LogP contribution in [0, 0.1) is 11.6 Å². The molecule has 2 aromatic carbocycles. The van der Waals surface area contributed by atoms with Crippen LogP contribution in [0.25, 0.3) is 0 Å². The molecule has 2 heterocycles. The highest BCUT2D eigenvalue weighted by molar-refractivity contribution is 6.07. The van der Waals surface area contributed by atoms with Gasteiger partial charge < -0.3 is 14.5 Å². The molecule has 0 bridgehead atoms. The van der Waals surface area contributed by atoms with E-state index in [1.54, 1.807) is 29.2 Å². The van der Waals surface area contributed by atoms with Gasteiger partial charge in [-0.15, -0.1) is 0 Å². The minimum absolute atomic E-state index is 0.0137. The second-order valence-corrected chi connectivity index (χ2v) is 7.00. The number of piperidine rings is 1. The summed E-state index contributed by atoms with van der Waals surface area (Å²) < 4.78 is 32.8. The van der Waals surface area contributed by atoms with Gasteiger partial charge in [-0.2, -0.15) is 0 Å². The van der Waals surface area contributed by atoms with Crippen molar-refractivity contribution in [2.75, 3.05) is 24.5 Å². The van der Waals surface area contributed by atoms with Crippen molar-refractivity contribution in [1.82, 2.24) is 4.90 Å². The smallest absolute Gasteiger partial charge is 0.265 e. The molecule has 1 saturated heterocycles. The van der Waals surface area contributed by atoms with Crippen molar-refractivity contribution >= 4 is 17.5 Å². The normalized spacial score (nSPS) is 19.0. The Kier molecular flexibility index (Phi) is 4.98. The number of halogens is 2. The minimum Gasteiger partial charge on any atom is -0.476 e. The van der Waals surface area contributed by atoms with Crippen molar-refractivity contribution in [2.45, 2.75) is 25.4 Å². The van der Waals surface area contributed by atoms with Crippen LogP contribution < -0.4 is 9.64 Å². The monoisotopic (exact) mass is 386 g/mol. The number of amides is 2. The third kappa shape index (κ3) is 3.44. The van der Waals surface area contributed by atoms with Gasteiger partial charge in [0.15, 0.2) is 17.7 Å². The molecule has 7 heteroatoms. The second-order valence-electron chi connectivity index (χ2n) is 7.00. The highest BCUT2D eigenvalue weighted by Crippen LogP contribution is 2.34. The predicted molar refractivity (Wildman–Crippen MR) is 99.3 cm³/mol. The number of rotatable bonds is 2. The van der Waals surface area contributed by atoms with Crippen molar-refractivity contribution in [3.8, 4) is 5.75 Å². The molecule has 2 aliphatic rings. The number of hydrogen-bond acceptors (Lipinski definition) is 3. The van der Waals surface area contributed by atoms with Crippen LogP contribution in [-0.4, -0.2) is 42.5 Å². The van der Waals surface area contributed by atoms with E-state index in [1.807, 2.05) is 0 Å². The molecule has 0 radical (unpaired) electrons. The maximum atomic E-state index is 13.6. The van der Waals surface area contributed by atoms with Gasteiger partial charge >= 0.3 is 0 Å². The number of hydrogen-bond donors (Lipinski definition) is 0. The fourth-order valence-electron chi connectivity index (χ4n) is 3.66. The number of nitrogens with zero attached hydrogens (tertiary/aromatic N) is 2. The largest absolute Gasteiger partial charge is 0.476 e. The van der Waals surface area contributed by atoms with E-state index < -0.39 is 23.6 Å². The molecular weight excluding hydrogens is 366 g/mol. The van der Waals surface area contributed by atoms with Gasteiger partial charge in [0.05, 0.1) is 12.2 Å². The molecule has 1 fully saturated rings. The third-order valence-electron chi connectivity index (χ3n) is 5.13. The van der Waals surface area contributed by atoms with Crippen molar-refractivity contribution in [3.05, 3.63) is 59.7 Å². The third-order valence-corrected chi connectivity index (χ3v) is 5.13. The van der Waals surface area contributed by atoms with Crippen molar-refractivity contribution in [3.63, 3.8) is 0 Å². The summed E-state index contributed by atoms with van der Waals surface area (Å²) in [4.78, 5) is 29.1.